The normalized spacial score (nSPS) is 18.5. The fourth-order valence-electron chi connectivity index (χ4n) is 2.42. The van der Waals surface area contributed by atoms with Crippen LogP contribution >= 0.6 is 0 Å². The molecule has 2 rings (SSSR count). The summed E-state index contributed by atoms with van der Waals surface area (Å²) < 4.78 is 31.9. The lowest BCUT2D eigenvalue weighted by molar-refractivity contribution is 0.151. The second-order valence-corrected chi connectivity index (χ2v) is 7.10. The van der Waals surface area contributed by atoms with Gasteiger partial charge in [0.2, 0.25) is 10.0 Å². The SMILES string of the molecule is COCCN1CCCN(S(=O)(=O)c2ccc(N)cc2)CC1. The largest absolute Gasteiger partial charge is 0.399 e. The lowest BCUT2D eigenvalue weighted by Crippen LogP contribution is -2.36. The Labute approximate surface area is 126 Å². The highest BCUT2D eigenvalue weighted by Gasteiger charge is 2.26. The molecule has 1 aliphatic rings. The summed E-state index contributed by atoms with van der Waals surface area (Å²) in [7, 11) is -1.75. The lowest BCUT2D eigenvalue weighted by atomic mass is 10.3. The predicted molar refractivity (Wildman–Crippen MR) is 82.5 cm³/mol. The molecule has 0 aromatic heterocycles. The summed E-state index contributed by atoms with van der Waals surface area (Å²) in [5.41, 5.74) is 6.18. The second kappa shape index (κ2) is 7.22. The highest BCUT2D eigenvalue weighted by Crippen LogP contribution is 2.18. The van der Waals surface area contributed by atoms with Gasteiger partial charge in [-0.15, -0.1) is 0 Å². The van der Waals surface area contributed by atoms with Crippen LogP contribution in [0.1, 0.15) is 6.42 Å². The third-order valence-electron chi connectivity index (χ3n) is 3.68. The van der Waals surface area contributed by atoms with Gasteiger partial charge in [0.1, 0.15) is 0 Å². The van der Waals surface area contributed by atoms with E-state index < -0.39 is 10.0 Å². The van der Waals surface area contributed by atoms with Crippen LogP contribution < -0.4 is 5.73 Å². The quantitative estimate of drug-likeness (QED) is 0.806. The molecule has 0 aliphatic carbocycles. The highest BCUT2D eigenvalue weighted by molar-refractivity contribution is 7.89. The number of nitrogens with zero attached hydrogens (tertiary/aromatic N) is 2. The number of anilines is 1. The highest BCUT2D eigenvalue weighted by atomic mass is 32.2. The van der Waals surface area contributed by atoms with E-state index in [2.05, 4.69) is 4.90 Å². The Morgan fingerprint density at radius 3 is 2.52 bits per heavy atom. The fraction of sp³-hybridized carbons (Fsp3) is 0.571. The molecule has 2 N–H and O–H groups in total. The van der Waals surface area contributed by atoms with E-state index in [9.17, 15) is 8.42 Å². The van der Waals surface area contributed by atoms with E-state index in [-0.39, 0.29) is 0 Å². The van der Waals surface area contributed by atoms with Crippen LogP contribution in [0.3, 0.4) is 0 Å². The molecule has 0 bridgehead atoms. The van der Waals surface area contributed by atoms with E-state index >= 15 is 0 Å². The topological polar surface area (TPSA) is 75.9 Å². The Morgan fingerprint density at radius 2 is 1.86 bits per heavy atom. The molecule has 1 aliphatic heterocycles. The van der Waals surface area contributed by atoms with Gasteiger partial charge in [0.15, 0.2) is 0 Å². The molecule has 7 heteroatoms. The van der Waals surface area contributed by atoms with Crippen LogP contribution in [0, 0.1) is 0 Å². The van der Waals surface area contributed by atoms with Gasteiger partial charge in [-0.2, -0.15) is 4.31 Å². The van der Waals surface area contributed by atoms with Gasteiger partial charge in [0.05, 0.1) is 11.5 Å². The van der Waals surface area contributed by atoms with E-state index in [0.29, 0.717) is 30.3 Å². The first kappa shape index (κ1) is 16.2. The van der Waals surface area contributed by atoms with Crippen LogP contribution in [-0.2, 0) is 14.8 Å². The van der Waals surface area contributed by atoms with Gasteiger partial charge in [-0.1, -0.05) is 0 Å². The summed E-state index contributed by atoms with van der Waals surface area (Å²) in [5.74, 6) is 0. The Hall–Kier alpha value is -1.15. The van der Waals surface area contributed by atoms with Crippen LogP contribution in [0.4, 0.5) is 5.69 Å². The van der Waals surface area contributed by atoms with Crippen LogP contribution in [0.25, 0.3) is 0 Å². The first-order valence-corrected chi connectivity index (χ1v) is 8.55. The number of rotatable bonds is 5. The summed E-state index contributed by atoms with van der Waals surface area (Å²) in [4.78, 5) is 2.55. The van der Waals surface area contributed by atoms with Crippen molar-refractivity contribution in [3.05, 3.63) is 24.3 Å². The number of ether oxygens (including phenoxy) is 1. The molecule has 1 aromatic carbocycles. The number of benzene rings is 1. The molecule has 0 unspecified atom stereocenters. The van der Waals surface area contributed by atoms with Crippen LogP contribution in [0.15, 0.2) is 29.2 Å². The monoisotopic (exact) mass is 313 g/mol. The van der Waals surface area contributed by atoms with Crippen molar-refractivity contribution < 1.29 is 13.2 Å². The van der Waals surface area contributed by atoms with E-state index in [0.717, 1.165) is 26.1 Å². The Kier molecular flexibility index (Phi) is 5.58. The molecule has 1 fully saturated rings. The van der Waals surface area contributed by atoms with Crippen LogP contribution in [0.5, 0.6) is 0 Å². The van der Waals surface area contributed by atoms with Crippen molar-refractivity contribution in [2.75, 3.05) is 52.2 Å². The first-order chi connectivity index (χ1) is 10.0. The zero-order valence-electron chi connectivity index (χ0n) is 12.4. The minimum atomic E-state index is -3.43. The van der Waals surface area contributed by atoms with E-state index in [1.807, 2.05) is 0 Å². The van der Waals surface area contributed by atoms with Crippen molar-refractivity contribution in [3.8, 4) is 0 Å². The van der Waals surface area contributed by atoms with E-state index in [1.54, 1.807) is 35.7 Å². The molecule has 1 heterocycles. The Morgan fingerprint density at radius 1 is 1.14 bits per heavy atom. The van der Waals surface area contributed by atoms with Gasteiger partial charge in [-0.05, 0) is 37.2 Å². The average Bonchev–Trinajstić information content (AvgIpc) is 2.71. The maximum atomic E-state index is 12.6. The van der Waals surface area contributed by atoms with Gasteiger partial charge in [0.25, 0.3) is 0 Å². The standard InChI is InChI=1S/C14H23N3O3S/c1-20-12-11-16-7-2-8-17(10-9-16)21(18,19)14-5-3-13(15)4-6-14/h3-6H,2,7-12,15H2,1H3. The van der Waals surface area contributed by atoms with Gasteiger partial charge in [-0.25, -0.2) is 8.42 Å². The second-order valence-electron chi connectivity index (χ2n) is 5.16. The molecule has 1 saturated heterocycles. The Balaban J connectivity index is 2.05. The van der Waals surface area contributed by atoms with Crippen molar-refractivity contribution in [2.45, 2.75) is 11.3 Å². The minimum absolute atomic E-state index is 0.307. The molecule has 6 nitrogen and oxygen atoms in total. The summed E-state index contributed by atoms with van der Waals surface area (Å²) in [6, 6.07) is 6.38. The number of sulfonamides is 1. The van der Waals surface area contributed by atoms with E-state index in [4.69, 9.17) is 10.5 Å². The van der Waals surface area contributed by atoms with Crippen molar-refractivity contribution >= 4 is 15.7 Å². The molecular weight excluding hydrogens is 290 g/mol. The predicted octanol–water partition coefficient (Wildman–Crippen LogP) is 0.612. The van der Waals surface area contributed by atoms with Gasteiger partial charge >= 0.3 is 0 Å². The molecule has 0 atom stereocenters. The average molecular weight is 313 g/mol. The van der Waals surface area contributed by atoms with Gasteiger partial charge < -0.3 is 10.5 Å². The van der Waals surface area contributed by atoms with Crippen molar-refractivity contribution in [1.29, 1.82) is 0 Å². The summed E-state index contributed by atoms with van der Waals surface area (Å²) in [5, 5.41) is 0. The molecule has 0 saturated carbocycles. The number of hydrogen-bond acceptors (Lipinski definition) is 5. The van der Waals surface area contributed by atoms with Gasteiger partial charge in [-0.3, -0.25) is 4.90 Å². The third kappa shape index (κ3) is 4.16. The zero-order valence-corrected chi connectivity index (χ0v) is 13.2. The molecule has 0 amide bonds. The van der Waals surface area contributed by atoms with Crippen molar-refractivity contribution in [3.63, 3.8) is 0 Å². The fourth-order valence-corrected chi connectivity index (χ4v) is 3.89. The molecular formula is C14H23N3O3S. The molecule has 118 valence electrons. The summed E-state index contributed by atoms with van der Waals surface area (Å²) in [6.45, 7) is 4.21. The number of nitrogens with two attached hydrogens (primary N) is 1. The van der Waals surface area contributed by atoms with Crippen LogP contribution in [-0.4, -0.2) is 64.1 Å². The maximum Gasteiger partial charge on any atom is 0.243 e. The Bertz CT molecular complexity index is 545. The lowest BCUT2D eigenvalue weighted by Gasteiger charge is -2.21. The molecule has 0 radical (unpaired) electrons. The molecule has 21 heavy (non-hydrogen) atoms. The van der Waals surface area contributed by atoms with Crippen LogP contribution in [0.2, 0.25) is 0 Å². The smallest absolute Gasteiger partial charge is 0.243 e. The van der Waals surface area contributed by atoms with Gasteiger partial charge in [0, 0.05) is 39.0 Å². The summed E-state index contributed by atoms with van der Waals surface area (Å²) in [6.07, 6.45) is 0.831. The zero-order chi connectivity index (χ0) is 15.3. The molecule has 0 spiro atoms. The first-order valence-electron chi connectivity index (χ1n) is 7.11. The minimum Gasteiger partial charge on any atom is -0.399 e. The number of hydrogen-bond donors (Lipinski definition) is 1. The van der Waals surface area contributed by atoms with Crippen molar-refractivity contribution in [1.82, 2.24) is 9.21 Å². The van der Waals surface area contributed by atoms with Crippen molar-refractivity contribution in [2.24, 2.45) is 0 Å². The third-order valence-corrected chi connectivity index (χ3v) is 5.59. The number of nitrogen functional groups attached to an aromatic ring is 1. The number of methoxy groups -OCH3 is 1. The van der Waals surface area contributed by atoms with E-state index in [1.165, 1.54) is 0 Å². The maximum absolute atomic E-state index is 12.6. The molecule has 1 aromatic rings. The summed E-state index contributed by atoms with van der Waals surface area (Å²) >= 11 is 0.